The predicted octanol–water partition coefficient (Wildman–Crippen LogP) is 1.51. The fourth-order valence-corrected chi connectivity index (χ4v) is 2.67. The lowest BCUT2D eigenvalue weighted by Gasteiger charge is -2.27. The van der Waals surface area contributed by atoms with Crippen LogP contribution >= 0.6 is 0 Å². The van der Waals surface area contributed by atoms with Gasteiger partial charge < -0.3 is 10.5 Å². The van der Waals surface area contributed by atoms with Gasteiger partial charge in [-0.05, 0) is 17.7 Å². The van der Waals surface area contributed by atoms with E-state index in [4.69, 9.17) is 5.73 Å². The second-order valence-corrected chi connectivity index (χ2v) is 5.36. The lowest BCUT2D eigenvalue weighted by atomic mass is 10.1. The van der Waals surface area contributed by atoms with Gasteiger partial charge >= 0.3 is 6.61 Å². The van der Waals surface area contributed by atoms with Crippen LogP contribution < -0.4 is 16.0 Å². The Kier molecular flexibility index (Phi) is 4.24. The van der Waals surface area contributed by atoms with E-state index < -0.39 is 6.61 Å². The number of nitrogens with two attached hydrogens (primary N) is 1. The molecule has 122 valence electrons. The van der Waals surface area contributed by atoms with E-state index >= 15 is 0 Å². The van der Waals surface area contributed by atoms with Crippen LogP contribution in [0.1, 0.15) is 16.8 Å². The van der Waals surface area contributed by atoms with E-state index in [1.54, 1.807) is 12.1 Å². The number of ether oxygens (including phenoxy) is 1. The normalized spacial score (nSPS) is 14.7. The number of halogens is 2. The number of rotatable bonds is 4. The van der Waals surface area contributed by atoms with Crippen LogP contribution in [0.4, 0.5) is 14.7 Å². The fraction of sp³-hybridized carbons (Fsp3) is 0.333. The van der Waals surface area contributed by atoms with Crippen molar-refractivity contribution in [3.8, 4) is 5.75 Å². The Labute approximate surface area is 130 Å². The Morgan fingerprint density at radius 1 is 1.35 bits per heavy atom. The summed E-state index contributed by atoms with van der Waals surface area (Å²) in [7, 11) is 0. The molecule has 0 amide bonds. The molecule has 3 rings (SSSR count). The second-order valence-electron chi connectivity index (χ2n) is 5.36. The average Bonchev–Trinajstić information content (AvgIpc) is 2.49. The van der Waals surface area contributed by atoms with Crippen LogP contribution in [0.3, 0.4) is 0 Å². The Morgan fingerprint density at radius 2 is 2.09 bits per heavy atom. The first-order chi connectivity index (χ1) is 11.0. The van der Waals surface area contributed by atoms with Crippen molar-refractivity contribution in [3.05, 3.63) is 51.4 Å². The van der Waals surface area contributed by atoms with E-state index in [-0.39, 0.29) is 17.3 Å². The van der Waals surface area contributed by atoms with Crippen LogP contribution in [0, 0.1) is 0 Å². The zero-order valence-corrected chi connectivity index (χ0v) is 12.3. The number of H-pyrrole nitrogens is 1. The summed E-state index contributed by atoms with van der Waals surface area (Å²) in [5.74, 6) is 0.265. The number of benzene rings is 1. The molecule has 0 bridgehead atoms. The van der Waals surface area contributed by atoms with Gasteiger partial charge in [0.15, 0.2) is 0 Å². The summed E-state index contributed by atoms with van der Waals surface area (Å²) >= 11 is 0. The van der Waals surface area contributed by atoms with Crippen LogP contribution in [0.2, 0.25) is 0 Å². The molecule has 2 aromatic rings. The molecule has 0 atom stereocenters. The number of nitrogen functional groups attached to an aromatic ring is 1. The first-order valence-electron chi connectivity index (χ1n) is 7.15. The number of aromatic nitrogens is 2. The van der Waals surface area contributed by atoms with Crippen molar-refractivity contribution >= 4 is 5.95 Å². The van der Waals surface area contributed by atoms with Crippen LogP contribution in [0.25, 0.3) is 0 Å². The summed E-state index contributed by atoms with van der Waals surface area (Å²) in [5, 5.41) is 0. The van der Waals surface area contributed by atoms with Gasteiger partial charge in [0.2, 0.25) is 5.95 Å². The van der Waals surface area contributed by atoms with E-state index in [1.165, 1.54) is 12.1 Å². The Balaban J connectivity index is 1.69. The summed E-state index contributed by atoms with van der Waals surface area (Å²) in [5.41, 5.74) is 7.65. The second kappa shape index (κ2) is 6.33. The minimum absolute atomic E-state index is 0.129. The molecule has 1 aliphatic rings. The molecule has 2 heterocycles. The van der Waals surface area contributed by atoms with Gasteiger partial charge in [0.25, 0.3) is 5.56 Å². The van der Waals surface area contributed by atoms with Crippen molar-refractivity contribution in [3.63, 3.8) is 0 Å². The molecule has 0 saturated heterocycles. The van der Waals surface area contributed by atoms with E-state index in [0.29, 0.717) is 25.1 Å². The molecule has 3 N–H and O–H groups in total. The lowest BCUT2D eigenvalue weighted by Crippen LogP contribution is -2.35. The fourth-order valence-electron chi connectivity index (χ4n) is 2.67. The molecular formula is C15H16F2N4O2. The van der Waals surface area contributed by atoms with Gasteiger partial charge in [0.05, 0.1) is 11.3 Å². The molecule has 0 fully saturated rings. The monoisotopic (exact) mass is 322 g/mol. The molecule has 6 nitrogen and oxygen atoms in total. The molecule has 1 aromatic heterocycles. The van der Waals surface area contributed by atoms with Crippen LogP contribution in [0.5, 0.6) is 5.75 Å². The summed E-state index contributed by atoms with van der Waals surface area (Å²) in [4.78, 5) is 20.7. The zero-order valence-electron chi connectivity index (χ0n) is 12.3. The van der Waals surface area contributed by atoms with Gasteiger partial charge in [0.1, 0.15) is 5.75 Å². The van der Waals surface area contributed by atoms with Crippen molar-refractivity contribution in [1.29, 1.82) is 0 Å². The van der Waals surface area contributed by atoms with Gasteiger partial charge in [-0.2, -0.15) is 8.78 Å². The predicted molar refractivity (Wildman–Crippen MR) is 80.2 cm³/mol. The van der Waals surface area contributed by atoms with Crippen molar-refractivity contribution in [2.75, 3.05) is 12.3 Å². The van der Waals surface area contributed by atoms with Gasteiger partial charge in [-0.25, -0.2) is 4.98 Å². The van der Waals surface area contributed by atoms with E-state index in [0.717, 1.165) is 17.8 Å². The van der Waals surface area contributed by atoms with E-state index in [1.807, 2.05) is 0 Å². The maximum Gasteiger partial charge on any atom is 0.387 e. The number of hydrogen-bond acceptors (Lipinski definition) is 5. The molecule has 1 aromatic carbocycles. The molecule has 1 aliphatic heterocycles. The highest BCUT2D eigenvalue weighted by atomic mass is 19.3. The van der Waals surface area contributed by atoms with Crippen molar-refractivity contribution < 1.29 is 13.5 Å². The zero-order chi connectivity index (χ0) is 16.4. The molecule has 0 aliphatic carbocycles. The maximum atomic E-state index is 12.1. The van der Waals surface area contributed by atoms with E-state index in [9.17, 15) is 13.6 Å². The molecule has 0 saturated carbocycles. The summed E-state index contributed by atoms with van der Waals surface area (Å²) < 4.78 is 28.6. The Bertz CT molecular complexity index is 746. The number of nitrogens with zero attached hydrogens (tertiary/aromatic N) is 2. The molecule has 0 radical (unpaired) electrons. The first kappa shape index (κ1) is 15.4. The van der Waals surface area contributed by atoms with Crippen LogP contribution in [0.15, 0.2) is 29.1 Å². The number of hydrogen-bond donors (Lipinski definition) is 2. The number of fused-ring (bicyclic) bond motifs is 1. The third kappa shape index (κ3) is 3.65. The van der Waals surface area contributed by atoms with Crippen molar-refractivity contribution in [1.82, 2.24) is 14.9 Å². The summed E-state index contributed by atoms with van der Waals surface area (Å²) in [6.07, 6.45) is 0.649. The lowest BCUT2D eigenvalue weighted by molar-refractivity contribution is -0.0498. The topological polar surface area (TPSA) is 84.2 Å². The number of alkyl halides is 2. The van der Waals surface area contributed by atoms with Gasteiger partial charge in [-0.1, -0.05) is 12.1 Å². The highest BCUT2D eigenvalue weighted by molar-refractivity contribution is 5.29. The van der Waals surface area contributed by atoms with Crippen molar-refractivity contribution in [2.45, 2.75) is 26.1 Å². The van der Waals surface area contributed by atoms with Crippen LogP contribution in [-0.4, -0.2) is 28.0 Å². The average molecular weight is 322 g/mol. The number of nitrogens with one attached hydrogen (secondary N) is 1. The Hall–Kier alpha value is -2.48. The summed E-state index contributed by atoms with van der Waals surface area (Å²) in [6.45, 7) is -0.991. The van der Waals surface area contributed by atoms with Crippen molar-refractivity contribution in [2.24, 2.45) is 0 Å². The minimum atomic E-state index is -2.83. The highest BCUT2D eigenvalue weighted by Crippen LogP contribution is 2.19. The van der Waals surface area contributed by atoms with Gasteiger partial charge in [0, 0.05) is 26.1 Å². The molecule has 23 heavy (non-hydrogen) atoms. The Morgan fingerprint density at radius 3 is 2.78 bits per heavy atom. The molecule has 0 spiro atoms. The smallest absolute Gasteiger partial charge is 0.387 e. The quantitative estimate of drug-likeness (QED) is 0.891. The van der Waals surface area contributed by atoms with Gasteiger partial charge in [-0.3, -0.25) is 14.7 Å². The number of anilines is 1. The third-order valence-corrected chi connectivity index (χ3v) is 3.72. The highest BCUT2D eigenvalue weighted by Gasteiger charge is 2.20. The molecule has 0 unspecified atom stereocenters. The summed E-state index contributed by atoms with van der Waals surface area (Å²) in [6, 6.07) is 6.49. The maximum absolute atomic E-state index is 12.1. The first-order valence-corrected chi connectivity index (χ1v) is 7.15. The molecule has 8 heteroatoms. The van der Waals surface area contributed by atoms with E-state index in [2.05, 4.69) is 19.6 Å². The SMILES string of the molecule is Nc1nc2c(c(=O)[nH]1)CN(Cc1ccc(OC(F)F)cc1)CC2. The number of aromatic amines is 1. The largest absolute Gasteiger partial charge is 0.435 e. The standard InChI is InChI=1S/C15H16F2N4O2/c16-14(17)23-10-3-1-9(2-4-10)7-21-6-5-12-11(8-21)13(22)20-15(18)19-12/h1-4,14H,5-8H2,(H3,18,19,20,22). The minimum Gasteiger partial charge on any atom is -0.435 e. The third-order valence-electron chi connectivity index (χ3n) is 3.72. The van der Waals surface area contributed by atoms with Crippen LogP contribution in [-0.2, 0) is 19.5 Å². The molecular weight excluding hydrogens is 306 g/mol. The van der Waals surface area contributed by atoms with Gasteiger partial charge in [-0.15, -0.1) is 0 Å².